The quantitative estimate of drug-likeness (QED) is 0.168. The molecule has 6 heterocycles. The summed E-state index contributed by atoms with van der Waals surface area (Å²) in [5.74, 6) is 0. The van der Waals surface area contributed by atoms with Crippen molar-refractivity contribution in [3.05, 3.63) is 171 Å². The Labute approximate surface area is 485 Å². The second kappa shape index (κ2) is 19.6. The van der Waals surface area contributed by atoms with E-state index in [2.05, 4.69) is 290 Å². The monoisotopic (exact) mass is 1080 g/mol. The highest BCUT2D eigenvalue weighted by atomic mass is 16.7. The zero-order valence-corrected chi connectivity index (χ0v) is 52.9. The van der Waals surface area contributed by atoms with Crippen LogP contribution in [0.5, 0.6) is 0 Å². The average molecular weight is 1080 g/mol. The highest BCUT2D eigenvalue weighted by Gasteiger charge is 2.51. The van der Waals surface area contributed by atoms with Crippen LogP contribution in [-0.4, -0.2) is 38.3 Å². The third-order valence-corrected chi connectivity index (χ3v) is 17.3. The van der Waals surface area contributed by atoms with Gasteiger partial charge in [0.1, 0.15) is 0 Å². The second-order valence-corrected chi connectivity index (χ2v) is 30.6. The lowest BCUT2D eigenvalue weighted by Crippen LogP contribution is -2.41. The molecule has 81 heavy (non-hydrogen) atoms. The normalized spacial score (nSPS) is 15.9. The predicted octanol–water partition coefficient (Wildman–Crippen LogP) is 19.2. The number of rotatable bonds is 5. The molecule has 1 saturated heterocycles. The number of aromatic nitrogens is 4. The molecule has 7 heteroatoms. The number of benzene rings is 4. The Hall–Kier alpha value is -6.54. The summed E-state index contributed by atoms with van der Waals surface area (Å²) >= 11 is 0. The number of fused-ring (bicyclic) bond motifs is 8. The summed E-state index contributed by atoms with van der Waals surface area (Å²) in [7, 11) is -0.475. The summed E-state index contributed by atoms with van der Waals surface area (Å²) in [5, 5.41) is 0. The van der Waals surface area contributed by atoms with Crippen molar-refractivity contribution in [1.29, 1.82) is 0 Å². The third kappa shape index (κ3) is 11.4. The molecule has 0 atom stereocenters. The van der Waals surface area contributed by atoms with Crippen LogP contribution < -0.4 is 5.46 Å². The molecule has 0 aliphatic carbocycles. The van der Waals surface area contributed by atoms with Crippen molar-refractivity contribution in [2.75, 3.05) is 0 Å². The van der Waals surface area contributed by atoms with Crippen LogP contribution in [0.25, 0.3) is 79.2 Å². The molecule has 0 saturated carbocycles. The van der Waals surface area contributed by atoms with Crippen molar-refractivity contribution in [1.82, 2.24) is 19.9 Å². The fourth-order valence-electron chi connectivity index (χ4n) is 11.1. The van der Waals surface area contributed by atoms with E-state index in [1.807, 2.05) is 0 Å². The number of nitrogens with zero attached hydrogens (tertiary/aromatic N) is 2. The Bertz CT molecular complexity index is 3760. The van der Waals surface area contributed by atoms with Gasteiger partial charge in [-0.25, -0.2) is 9.97 Å². The minimum atomic E-state index is -0.475. The number of H-pyrrole nitrogens is 2. The fraction of sp³-hybridized carbons (Fsp3) is 0.405. The summed E-state index contributed by atoms with van der Waals surface area (Å²) in [6, 6.07) is 41.5. The van der Waals surface area contributed by atoms with Gasteiger partial charge < -0.3 is 19.3 Å². The smallest absolute Gasteiger partial charge is 0.399 e. The second-order valence-electron chi connectivity index (χ2n) is 30.6. The first kappa shape index (κ1) is 57.7. The molecule has 4 aromatic carbocycles. The van der Waals surface area contributed by atoms with Crippen LogP contribution >= 0.6 is 0 Å². The molecule has 8 bridgehead atoms. The molecule has 0 spiro atoms. The van der Waals surface area contributed by atoms with Gasteiger partial charge in [-0.3, -0.25) is 0 Å². The molecule has 0 amide bonds. The number of nitrogens with one attached hydrogen (secondary N) is 2. The average Bonchev–Trinajstić information content (AvgIpc) is 4.25. The van der Waals surface area contributed by atoms with Crippen LogP contribution in [0.2, 0.25) is 0 Å². The topological polar surface area (TPSA) is 75.8 Å². The van der Waals surface area contributed by atoms with Gasteiger partial charge in [-0.2, -0.15) is 0 Å². The van der Waals surface area contributed by atoms with Gasteiger partial charge in [0.05, 0.1) is 34.0 Å². The molecule has 0 unspecified atom stereocenters. The summed E-state index contributed by atoms with van der Waals surface area (Å²) in [4.78, 5) is 19.7. The van der Waals surface area contributed by atoms with Crippen molar-refractivity contribution in [3.8, 4) is 33.4 Å². The minimum absolute atomic E-state index is 0.0956. The fourth-order valence-corrected chi connectivity index (χ4v) is 11.1. The van der Waals surface area contributed by atoms with Crippen molar-refractivity contribution in [3.63, 3.8) is 0 Å². The standard InChI is InChI=1S/C74H89BN4O2/c1-67(2,3)48-33-45(34-49(39-48)68(4,5)6)64-57-28-27-55(76-57)42-62-56(44-23-25-54(26-24-44)75-80-73(19,20)74(21,22)81-75)43-63(79-62)66(47-37-52(71(13,14)15)41-53(38-47)72(16,17)18)61-32-31-60(78-61)65(59-30-29-58(64)77-59)46-35-50(69(7,8)9)40-51(36-46)70(10,11)12/h23-43,76,78H,1-22H3. The van der Waals surface area contributed by atoms with Crippen LogP contribution in [0, 0.1) is 0 Å². The van der Waals surface area contributed by atoms with E-state index in [9.17, 15) is 0 Å². The van der Waals surface area contributed by atoms with Crippen LogP contribution in [0.3, 0.4) is 0 Å². The molecular formula is C74H89BN4O2. The van der Waals surface area contributed by atoms with Crippen LogP contribution in [-0.2, 0) is 41.8 Å². The lowest BCUT2D eigenvalue weighted by molar-refractivity contribution is 0.00578. The van der Waals surface area contributed by atoms with Crippen LogP contribution in [0.4, 0.5) is 0 Å². The summed E-state index contributed by atoms with van der Waals surface area (Å²) in [6.07, 6.45) is 6.77. The first-order valence-electron chi connectivity index (χ1n) is 29.5. The molecule has 6 nitrogen and oxygen atoms in total. The van der Waals surface area contributed by atoms with Crippen molar-refractivity contribution < 1.29 is 9.31 Å². The van der Waals surface area contributed by atoms with Gasteiger partial charge in [0.25, 0.3) is 0 Å². The molecule has 10 rings (SSSR count). The number of hydrogen-bond donors (Lipinski definition) is 2. The first-order chi connectivity index (χ1) is 37.3. The molecule has 3 aliphatic heterocycles. The Morgan fingerprint density at radius 3 is 1.09 bits per heavy atom. The van der Waals surface area contributed by atoms with Gasteiger partial charge in [-0.15, -0.1) is 0 Å². The van der Waals surface area contributed by atoms with Gasteiger partial charge in [-0.05, 0) is 170 Å². The van der Waals surface area contributed by atoms with Crippen molar-refractivity contribution in [2.45, 2.75) is 196 Å². The van der Waals surface area contributed by atoms with Gasteiger partial charge in [0.15, 0.2) is 0 Å². The molecule has 0 radical (unpaired) electrons. The first-order valence-corrected chi connectivity index (χ1v) is 29.5. The summed E-state index contributed by atoms with van der Waals surface area (Å²) in [6.45, 7) is 50.0. The van der Waals surface area contributed by atoms with E-state index in [0.717, 1.165) is 94.8 Å². The predicted molar refractivity (Wildman–Crippen MR) is 348 cm³/mol. The lowest BCUT2D eigenvalue weighted by Gasteiger charge is -2.32. The highest BCUT2D eigenvalue weighted by molar-refractivity contribution is 6.62. The van der Waals surface area contributed by atoms with Crippen LogP contribution in [0.15, 0.2) is 109 Å². The summed E-state index contributed by atoms with van der Waals surface area (Å²) in [5.41, 5.74) is 23.1. The molecule has 3 aliphatic rings. The maximum absolute atomic E-state index is 6.55. The SMILES string of the molecule is CC(C)(C)c1cc(-c2c3nc(c(-c4cc(C(C)(C)C)cc(C(C)(C)C)c4)c4ccc([nH]4)c(-c4cc(C(C)(C)C)cc(C(C)(C)C)c4)c4nc(cc5ccc2[nH]5)C(c2ccc(B5OC(C)(C)C(C)(C)O5)cc2)=C4)C=C3)cc(C(C)(C)C)c1. The Morgan fingerprint density at radius 1 is 0.370 bits per heavy atom. The van der Waals surface area contributed by atoms with E-state index in [1.54, 1.807) is 0 Å². The van der Waals surface area contributed by atoms with Gasteiger partial charge in [0, 0.05) is 44.3 Å². The lowest BCUT2D eigenvalue weighted by atomic mass is 9.78. The Kier molecular flexibility index (Phi) is 13.9. The molecule has 2 N–H and O–H groups in total. The largest absolute Gasteiger partial charge is 0.494 e. The van der Waals surface area contributed by atoms with E-state index >= 15 is 0 Å². The zero-order valence-electron chi connectivity index (χ0n) is 52.9. The summed E-state index contributed by atoms with van der Waals surface area (Å²) < 4.78 is 13.1. The molecule has 7 aromatic rings. The molecule has 3 aromatic heterocycles. The van der Waals surface area contributed by atoms with E-state index < -0.39 is 18.3 Å². The van der Waals surface area contributed by atoms with Crippen LogP contribution in [0.1, 0.15) is 214 Å². The van der Waals surface area contributed by atoms with Crippen molar-refractivity contribution >= 4 is 58.4 Å². The zero-order chi connectivity index (χ0) is 58.9. The third-order valence-electron chi connectivity index (χ3n) is 17.3. The molecule has 420 valence electrons. The minimum Gasteiger partial charge on any atom is -0.399 e. The Balaban J connectivity index is 1.37. The highest BCUT2D eigenvalue weighted by Crippen LogP contribution is 2.44. The van der Waals surface area contributed by atoms with E-state index in [4.69, 9.17) is 19.3 Å². The Morgan fingerprint density at radius 2 is 0.716 bits per heavy atom. The number of hydrogen-bond acceptors (Lipinski definition) is 4. The van der Waals surface area contributed by atoms with Gasteiger partial charge >= 0.3 is 7.12 Å². The van der Waals surface area contributed by atoms with E-state index in [0.29, 0.717) is 0 Å². The van der Waals surface area contributed by atoms with E-state index in [1.165, 1.54) is 33.4 Å². The van der Waals surface area contributed by atoms with E-state index in [-0.39, 0.29) is 32.5 Å². The maximum atomic E-state index is 6.55. The van der Waals surface area contributed by atoms with Gasteiger partial charge in [-0.1, -0.05) is 203 Å². The number of aromatic amines is 2. The van der Waals surface area contributed by atoms with Gasteiger partial charge in [0.2, 0.25) is 0 Å². The molecular weight excluding hydrogens is 988 g/mol. The maximum Gasteiger partial charge on any atom is 0.494 e. The molecule has 1 fully saturated rings. The van der Waals surface area contributed by atoms with Crippen molar-refractivity contribution in [2.24, 2.45) is 0 Å².